The van der Waals surface area contributed by atoms with Gasteiger partial charge in [0.1, 0.15) is 0 Å². The lowest BCUT2D eigenvalue weighted by Crippen LogP contribution is -1.89. The summed E-state index contributed by atoms with van der Waals surface area (Å²) in [7, 11) is 0. The first-order chi connectivity index (χ1) is 6.18. The zero-order valence-corrected chi connectivity index (χ0v) is 8.80. The van der Waals surface area contributed by atoms with Crippen LogP contribution >= 0.6 is 15.9 Å². The topological polar surface area (TPSA) is 38.9 Å². The number of nitrogens with two attached hydrogens (primary N) is 1. The average molecular weight is 237 g/mol. The molecule has 1 aromatic carbocycles. The highest BCUT2D eigenvalue weighted by Crippen LogP contribution is 2.25. The third-order valence-electron chi connectivity index (χ3n) is 2.04. The Morgan fingerprint density at radius 3 is 2.92 bits per heavy atom. The summed E-state index contributed by atoms with van der Waals surface area (Å²) in [5.74, 6) is 0. The third-order valence-corrected chi connectivity index (χ3v) is 2.68. The number of hydrogen-bond acceptors (Lipinski definition) is 2. The molecule has 0 fully saturated rings. The van der Waals surface area contributed by atoms with Crippen LogP contribution in [0.5, 0.6) is 0 Å². The standard InChI is InChI=1S/C10H9BrN2/c1-6-2-3-9(11)10-8(6)4-7(12)5-13-10/h2-5H,12H2,1H3. The molecule has 2 rings (SSSR count). The van der Waals surface area contributed by atoms with E-state index in [0.717, 1.165) is 15.4 Å². The van der Waals surface area contributed by atoms with Gasteiger partial charge in [0.05, 0.1) is 17.4 Å². The minimum Gasteiger partial charge on any atom is -0.397 e. The minimum atomic E-state index is 0.703. The summed E-state index contributed by atoms with van der Waals surface area (Å²) in [6, 6.07) is 6.00. The van der Waals surface area contributed by atoms with E-state index in [9.17, 15) is 0 Å². The molecule has 0 atom stereocenters. The van der Waals surface area contributed by atoms with E-state index in [4.69, 9.17) is 5.73 Å². The van der Waals surface area contributed by atoms with Crippen molar-refractivity contribution in [3.63, 3.8) is 0 Å². The van der Waals surface area contributed by atoms with Crippen LogP contribution in [-0.2, 0) is 0 Å². The fourth-order valence-corrected chi connectivity index (χ4v) is 1.79. The minimum absolute atomic E-state index is 0.703. The van der Waals surface area contributed by atoms with Gasteiger partial charge in [-0.1, -0.05) is 6.07 Å². The van der Waals surface area contributed by atoms with E-state index in [0.29, 0.717) is 5.69 Å². The first-order valence-corrected chi connectivity index (χ1v) is 4.78. The normalized spacial score (nSPS) is 10.6. The molecular weight excluding hydrogens is 228 g/mol. The zero-order valence-electron chi connectivity index (χ0n) is 7.21. The molecular formula is C10H9BrN2. The van der Waals surface area contributed by atoms with E-state index in [1.807, 2.05) is 18.2 Å². The number of pyridine rings is 1. The van der Waals surface area contributed by atoms with Gasteiger partial charge in [-0.2, -0.15) is 0 Å². The molecule has 0 spiro atoms. The van der Waals surface area contributed by atoms with Gasteiger partial charge in [0.25, 0.3) is 0 Å². The van der Waals surface area contributed by atoms with Gasteiger partial charge in [0.2, 0.25) is 0 Å². The highest BCUT2D eigenvalue weighted by molar-refractivity contribution is 9.10. The molecule has 2 aromatic rings. The molecule has 2 nitrogen and oxygen atoms in total. The number of nitrogen functional groups attached to an aromatic ring is 1. The second-order valence-corrected chi connectivity index (χ2v) is 3.88. The average Bonchev–Trinajstić information content (AvgIpc) is 2.12. The van der Waals surface area contributed by atoms with Gasteiger partial charge < -0.3 is 5.73 Å². The number of rotatable bonds is 0. The third kappa shape index (κ3) is 1.40. The molecule has 13 heavy (non-hydrogen) atoms. The summed E-state index contributed by atoms with van der Waals surface area (Å²) in [6.45, 7) is 2.05. The summed E-state index contributed by atoms with van der Waals surface area (Å²) in [4.78, 5) is 4.27. The van der Waals surface area contributed by atoms with Gasteiger partial charge in [-0.15, -0.1) is 0 Å². The Bertz CT molecular complexity index is 466. The van der Waals surface area contributed by atoms with Gasteiger partial charge in [-0.25, -0.2) is 0 Å². The summed E-state index contributed by atoms with van der Waals surface area (Å²) in [5, 5.41) is 1.11. The van der Waals surface area contributed by atoms with Crippen LogP contribution in [0.4, 0.5) is 5.69 Å². The SMILES string of the molecule is Cc1ccc(Br)c2ncc(N)cc12. The van der Waals surface area contributed by atoms with Crippen molar-refractivity contribution in [2.24, 2.45) is 0 Å². The molecule has 0 aliphatic carbocycles. The molecule has 3 heteroatoms. The number of anilines is 1. The number of hydrogen-bond donors (Lipinski definition) is 1. The van der Waals surface area contributed by atoms with Gasteiger partial charge in [-0.05, 0) is 40.5 Å². The van der Waals surface area contributed by atoms with E-state index >= 15 is 0 Å². The van der Waals surface area contributed by atoms with Crippen molar-refractivity contribution >= 4 is 32.5 Å². The van der Waals surface area contributed by atoms with E-state index in [1.54, 1.807) is 6.20 Å². The Hall–Kier alpha value is -1.09. The summed E-state index contributed by atoms with van der Waals surface area (Å²) in [5.41, 5.74) is 8.53. The Balaban J connectivity index is 2.92. The van der Waals surface area contributed by atoms with E-state index in [2.05, 4.69) is 27.8 Å². The van der Waals surface area contributed by atoms with E-state index in [1.165, 1.54) is 5.56 Å². The van der Waals surface area contributed by atoms with E-state index < -0.39 is 0 Å². The maximum atomic E-state index is 5.67. The molecule has 2 N–H and O–H groups in total. The van der Waals surface area contributed by atoms with Crippen molar-refractivity contribution in [2.75, 3.05) is 5.73 Å². The number of fused-ring (bicyclic) bond motifs is 1. The lowest BCUT2D eigenvalue weighted by Gasteiger charge is -2.03. The van der Waals surface area contributed by atoms with Crippen LogP contribution in [0.3, 0.4) is 0 Å². The van der Waals surface area contributed by atoms with Gasteiger partial charge in [-0.3, -0.25) is 4.98 Å². The Labute approximate surface area is 84.9 Å². The first-order valence-electron chi connectivity index (χ1n) is 3.99. The molecule has 0 aliphatic heterocycles. The lowest BCUT2D eigenvalue weighted by atomic mass is 10.1. The zero-order chi connectivity index (χ0) is 9.42. The maximum Gasteiger partial charge on any atom is 0.0848 e. The molecule has 1 heterocycles. The number of benzene rings is 1. The molecule has 1 aromatic heterocycles. The van der Waals surface area contributed by atoms with Gasteiger partial charge in [0, 0.05) is 9.86 Å². The smallest absolute Gasteiger partial charge is 0.0848 e. The Morgan fingerprint density at radius 1 is 1.38 bits per heavy atom. The summed E-state index contributed by atoms with van der Waals surface area (Å²) >= 11 is 3.45. The molecule has 0 saturated carbocycles. The Morgan fingerprint density at radius 2 is 2.15 bits per heavy atom. The highest BCUT2D eigenvalue weighted by atomic mass is 79.9. The van der Waals surface area contributed by atoms with Gasteiger partial charge in [0.15, 0.2) is 0 Å². The maximum absolute atomic E-state index is 5.67. The largest absolute Gasteiger partial charge is 0.397 e. The number of aryl methyl sites for hydroxylation is 1. The van der Waals surface area contributed by atoms with E-state index in [-0.39, 0.29) is 0 Å². The first kappa shape index (κ1) is 8.51. The van der Waals surface area contributed by atoms with Crippen LogP contribution < -0.4 is 5.73 Å². The second kappa shape index (κ2) is 3.00. The quantitative estimate of drug-likeness (QED) is 0.765. The van der Waals surface area contributed by atoms with Gasteiger partial charge >= 0.3 is 0 Å². The monoisotopic (exact) mass is 236 g/mol. The summed E-state index contributed by atoms with van der Waals surface area (Å²) in [6.07, 6.45) is 1.67. The Kier molecular flexibility index (Phi) is 1.96. The molecule has 0 radical (unpaired) electrons. The number of nitrogens with zero attached hydrogens (tertiary/aromatic N) is 1. The summed E-state index contributed by atoms with van der Waals surface area (Å²) < 4.78 is 1.01. The van der Waals surface area contributed by atoms with Crippen LogP contribution in [0.15, 0.2) is 28.9 Å². The lowest BCUT2D eigenvalue weighted by molar-refractivity contribution is 1.38. The van der Waals surface area contributed by atoms with Crippen molar-refractivity contribution in [1.29, 1.82) is 0 Å². The van der Waals surface area contributed by atoms with Crippen LogP contribution in [0.2, 0.25) is 0 Å². The second-order valence-electron chi connectivity index (χ2n) is 3.03. The van der Waals surface area contributed by atoms with Crippen LogP contribution in [0.25, 0.3) is 10.9 Å². The number of halogens is 1. The predicted molar refractivity (Wildman–Crippen MR) is 58.6 cm³/mol. The molecule has 0 saturated heterocycles. The van der Waals surface area contributed by atoms with Crippen molar-refractivity contribution in [2.45, 2.75) is 6.92 Å². The molecule has 0 unspecified atom stereocenters. The fraction of sp³-hybridized carbons (Fsp3) is 0.100. The number of aromatic nitrogens is 1. The van der Waals surface area contributed by atoms with Crippen molar-refractivity contribution < 1.29 is 0 Å². The van der Waals surface area contributed by atoms with Crippen molar-refractivity contribution in [3.05, 3.63) is 34.4 Å². The molecule has 0 bridgehead atoms. The van der Waals surface area contributed by atoms with Crippen LogP contribution in [0, 0.1) is 6.92 Å². The fourth-order valence-electron chi connectivity index (χ4n) is 1.34. The highest BCUT2D eigenvalue weighted by Gasteiger charge is 2.02. The van der Waals surface area contributed by atoms with Crippen molar-refractivity contribution in [3.8, 4) is 0 Å². The molecule has 0 aliphatic rings. The predicted octanol–water partition coefficient (Wildman–Crippen LogP) is 2.89. The molecule has 66 valence electrons. The van der Waals surface area contributed by atoms with Crippen LogP contribution in [-0.4, -0.2) is 4.98 Å². The van der Waals surface area contributed by atoms with Crippen molar-refractivity contribution in [1.82, 2.24) is 4.98 Å². The van der Waals surface area contributed by atoms with Crippen LogP contribution in [0.1, 0.15) is 5.56 Å². The molecule has 0 amide bonds.